The number of fused-ring (bicyclic) bond motifs is 5. The second kappa shape index (κ2) is 8.13. The molecule has 0 N–H and O–H groups in total. The summed E-state index contributed by atoms with van der Waals surface area (Å²) in [6.45, 7) is -0.442. The van der Waals surface area contributed by atoms with E-state index >= 15 is 0 Å². The number of alkyl halides is 3. The lowest BCUT2D eigenvalue weighted by molar-refractivity contribution is -0.130. The fraction of sp³-hybridized carbons (Fsp3) is 0.526. The Balaban J connectivity index is 1.69. The Labute approximate surface area is 176 Å². The maximum atomic E-state index is 12.8. The molecule has 0 radical (unpaired) electrons. The van der Waals surface area contributed by atoms with Crippen LogP contribution in [0.1, 0.15) is 43.6 Å². The Morgan fingerprint density at radius 2 is 1.94 bits per heavy atom. The molecule has 0 unspecified atom stereocenters. The SMILES string of the molecule is O=C1COc2ncccc2C2CCC(CC2)O/C=C2/C(=N/S(=O)(=O)C(F)(F)F)CCN12. The van der Waals surface area contributed by atoms with Gasteiger partial charge in [-0.3, -0.25) is 4.79 Å². The Bertz CT molecular complexity index is 1030. The zero-order valence-corrected chi connectivity index (χ0v) is 17.2. The molecular formula is C19H20F3N3O5S. The molecule has 1 aliphatic carbocycles. The van der Waals surface area contributed by atoms with Gasteiger partial charge < -0.3 is 14.4 Å². The minimum absolute atomic E-state index is 0.0357. The molecule has 1 saturated heterocycles. The van der Waals surface area contributed by atoms with Gasteiger partial charge in [-0.05, 0) is 37.7 Å². The van der Waals surface area contributed by atoms with E-state index in [1.54, 1.807) is 12.3 Å². The highest BCUT2D eigenvalue weighted by atomic mass is 32.2. The van der Waals surface area contributed by atoms with Crippen molar-refractivity contribution in [2.24, 2.45) is 4.40 Å². The first-order valence-corrected chi connectivity index (χ1v) is 11.2. The quantitative estimate of drug-likeness (QED) is 0.641. The van der Waals surface area contributed by atoms with E-state index in [4.69, 9.17) is 9.47 Å². The second-order valence-electron chi connectivity index (χ2n) is 7.55. The van der Waals surface area contributed by atoms with Gasteiger partial charge in [0.05, 0.1) is 11.8 Å². The number of allylic oxidation sites excluding steroid dienone is 1. The van der Waals surface area contributed by atoms with Gasteiger partial charge in [0, 0.05) is 24.7 Å². The molecule has 1 aromatic heterocycles. The summed E-state index contributed by atoms with van der Waals surface area (Å²) in [5.41, 5.74) is -5.09. The third kappa shape index (κ3) is 4.39. The highest BCUT2D eigenvalue weighted by Crippen LogP contribution is 2.38. The van der Waals surface area contributed by atoms with Crippen LogP contribution >= 0.6 is 0 Å². The normalized spacial score (nSPS) is 27.7. The van der Waals surface area contributed by atoms with Crippen molar-refractivity contribution in [3.8, 4) is 5.88 Å². The first kappa shape index (κ1) is 21.6. The summed E-state index contributed by atoms with van der Waals surface area (Å²) in [4.78, 5) is 18.1. The number of ether oxygens (including phenoxy) is 2. The van der Waals surface area contributed by atoms with Gasteiger partial charge in [0.2, 0.25) is 5.88 Å². The van der Waals surface area contributed by atoms with Crippen molar-refractivity contribution in [2.75, 3.05) is 13.2 Å². The van der Waals surface area contributed by atoms with Gasteiger partial charge in [-0.25, -0.2) is 4.98 Å². The lowest BCUT2D eigenvalue weighted by Crippen LogP contribution is -2.32. The van der Waals surface area contributed by atoms with Gasteiger partial charge in [-0.2, -0.15) is 26.0 Å². The lowest BCUT2D eigenvalue weighted by atomic mass is 9.83. The van der Waals surface area contributed by atoms with Crippen molar-refractivity contribution in [1.82, 2.24) is 9.88 Å². The van der Waals surface area contributed by atoms with Gasteiger partial charge in [-0.1, -0.05) is 6.07 Å². The van der Waals surface area contributed by atoms with Crippen LogP contribution in [0.4, 0.5) is 13.2 Å². The van der Waals surface area contributed by atoms with Crippen molar-refractivity contribution < 1.29 is 35.9 Å². The predicted molar refractivity (Wildman–Crippen MR) is 103 cm³/mol. The number of rotatable bonds is 1. The minimum Gasteiger partial charge on any atom is -0.496 e. The van der Waals surface area contributed by atoms with Gasteiger partial charge in [0.15, 0.2) is 6.61 Å². The van der Waals surface area contributed by atoms with Crippen LogP contribution in [0.2, 0.25) is 0 Å². The highest BCUT2D eigenvalue weighted by Gasteiger charge is 2.47. The standard InChI is InChI=1S/C19H20F3N3O5S/c20-19(21,22)31(27,28)24-15-7-9-25-16(15)10-29-13-5-3-12(4-6-13)14-2-1-8-23-18(14)30-11-17(25)26/h1-2,8,10,12-13H,3-7,9,11H2/b16-10-,24-15+. The Morgan fingerprint density at radius 3 is 2.65 bits per heavy atom. The van der Waals surface area contributed by atoms with Crippen molar-refractivity contribution in [1.29, 1.82) is 0 Å². The molecule has 168 valence electrons. The van der Waals surface area contributed by atoms with E-state index in [9.17, 15) is 26.4 Å². The summed E-state index contributed by atoms with van der Waals surface area (Å²) in [6.07, 6.45) is 5.30. The number of carbonyl (C=O) groups excluding carboxylic acids is 1. The summed E-state index contributed by atoms with van der Waals surface area (Å²) in [6, 6.07) is 3.71. The molecule has 2 bridgehead atoms. The predicted octanol–water partition coefficient (Wildman–Crippen LogP) is 2.88. The minimum atomic E-state index is -5.74. The summed E-state index contributed by atoms with van der Waals surface area (Å²) in [5.74, 6) is -0.0219. The number of amides is 1. The van der Waals surface area contributed by atoms with Crippen LogP contribution in [0.3, 0.4) is 0 Å². The number of halogens is 3. The van der Waals surface area contributed by atoms with Crippen LogP contribution in [-0.2, 0) is 19.6 Å². The lowest BCUT2D eigenvalue weighted by Gasteiger charge is -2.28. The molecule has 0 spiro atoms. The summed E-state index contributed by atoms with van der Waals surface area (Å²) in [5, 5.41) is 0. The van der Waals surface area contributed by atoms with E-state index in [0.29, 0.717) is 18.7 Å². The van der Waals surface area contributed by atoms with Crippen molar-refractivity contribution in [3.05, 3.63) is 35.9 Å². The summed E-state index contributed by atoms with van der Waals surface area (Å²) >= 11 is 0. The summed E-state index contributed by atoms with van der Waals surface area (Å²) < 4.78 is 75.8. The molecule has 8 nitrogen and oxygen atoms in total. The number of carbonyl (C=O) groups is 1. The largest absolute Gasteiger partial charge is 0.518 e. The Hall–Kier alpha value is -2.63. The van der Waals surface area contributed by atoms with E-state index < -0.39 is 28.0 Å². The molecule has 0 aromatic carbocycles. The van der Waals surface area contributed by atoms with Gasteiger partial charge in [-0.15, -0.1) is 0 Å². The average molecular weight is 459 g/mol. The monoisotopic (exact) mass is 459 g/mol. The first-order chi connectivity index (χ1) is 14.7. The number of hydrogen-bond acceptors (Lipinski definition) is 6. The molecule has 4 aliphatic rings. The molecule has 12 heteroatoms. The van der Waals surface area contributed by atoms with Gasteiger partial charge in [0.1, 0.15) is 12.0 Å². The van der Waals surface area contributed by atoms with Crippen LogP contribution < -0.4 is 4.74 Å². The Kier molecular flexibility index (Phi) is 5.67. The van der Waals surface area contributed by atoms with Gasteiger partial charge in [0.25, 0.3) is 5.91 Å². The molecule has 1 saturated carbocycles. The fourth-order valence-electron chi connectivity index (χ4n) is 4.02. The number of aromatic nitrogens is 1. The average Bonchev–Trinajstić information content (AvgIpc) is 3.12. The zero-order chi connectivity index (χ0) is 22.2. The highest BCUT2D eigenvalue weighted by molar-refractivity contribution is 7.91. The number of pyridine rings is 1. The molecule has 5 rings (SSSR count). The maximum Gasteiger partial charge on any atom is 0.518 e. The third-order valence-corrected chi connectivity index (χ3v) is 6.65. The molecule has 0 atom stereocenters. The fourth-order valence-corrected chi connectivity index (χ4v) is 4.59. The third-order valence-electron chi connectivity index (χ3n) is 5.60. The number of nitrogens with zero attached hydrogens (tertiary/aromatic N) is 3. The van der Waals surface area contributed by atoms with Crippen LogP contribution in [0.5, 0.6) is 5.88 Å². The number of sulfonamides is 1. The zero-order valence-electron chi connectivity index (χ0n) is 16.3. The van der Waals surface area contributed by atoms with E-state index in [-0.39, 0.29) is 36.4 Å². The van der Waals surface area contributed by atoms with Crippen LogP contribution in [-0.4, -0.2) is 54.7 Å². The maximum absolute atomic E-state index is 12.8. The topological polar surface area (TPSA) is 98.2 Å². The van der Waals surface area contributed by atoms with E-state index in [2.05, 4.69) is 9.38 Å². The molecule has 3 aliphatic heterocycles. The molecule has 1 amide bonds. The first-order valence-electron chi connectivity index (χ1n) is 9.80. The Morgan fingerprint density at radius 1 is 1.19 bits per heavy atom. The van der Waals surface area contributed by atoms with Crippen molar-refractivity contribution in [2.45, 2.75) is 49.6 Å². The van der Waals surface area contributed by atoms with E-state index in [1.165, 1.54) is 0 Å². The van der Waals surface area contributed by atoms with Crippen LogP contribution in [0.15, 0.2) is 34.7 Å². The second-order valence-corrected chi connectivity index (χ2v) is 9.15. The number of hydrogen-bond donors (Lipinski definition) is 0. The van der Waals surface area contributed by atoms with Gasteiger partial charge >= 0.3 is 15.5 Å². The van der Waals surface area contributed by atoms with E-state index in [0.717, 1.165) is 29.6 Å². The van der Waals surface area contributed by atoms with Crippen molar-refractivity contribution in [3.63, 3.8) is 0 Å². The van der Waals surface area contributed by atoms with Crippen molar-refractivity contribution >= 4 is 21.6 Å². The molecule has 31 heavy (non-hydrogen) atoms. The molecule has 4 heterocycles. The van der Waals surface area contributed by atoms with E-state index in [1.807, 2.05) is 6.07 Å². The molecule has 2 fully saturated rings. The van der Waals surface area contributed by atoms with Crippen LogP contribution in [0, 0.1) is 0 Å². The van der Waals surface area contributed by atoms with Crippen LogP contribution in [0.25, 0.3) is 0 Å². The molecular weight excluding hydrogens is 439 g/mol. The summed E-state index contributed by atoms with van der Waals surface area (Å²) in [7, 11) is -5.74. The smallest absolute Gasteiger partial charge is 0.496 e. The molecule has 1 aromatic rings.